The number of benzene rings is 1. The summed E-state index contributed by atoms with van der Waals surface area (Å²) in [6.45, 7) is 0.126. The van der Waals surface area contributed by atoms with Gasteiger partial charge in [-0.1, -0.05) is 11.6 Å². The van der Waals surface area contributed by atoms with Gasteiger partial charge in [-0.15, -0.1) is 0 Å². The van der Waals surface area contributed by atoms with Crippen molar-refractivity contribution in [2.45, 2.75) is 12.2 Å². The summed E-state index contributed by atoms with van der Waals surface area (Å²) >= 11 is 5.81. The van der Waals surface area contributed by atoms with E-state index in [1.807, 2.05) is 6.07 Å². The van der Waals surface area contributed by atoms with E-state index < -0.39 is 24.0 Å². The molecule has 0 saturated heterocycles. The van der Waals surface area contributed by atoms with Gasteiger partial charge in [0, 0.05) is 29.2 Å². The van der Waals surface area contributed by atoms with E-state index in [-0.39, 0.29) is 23.2 Å². The van der Waals surface area contributed by atoms with Gasteiger partial charge in [-0.25, -0.2) is 19.2 Å². The molecule has 7 nitrogen and oxygen atoms in total. The van der Waals surface area contributed by atoms with Crippen LogP contribution in [0, 0.1) is 5.82 Å². The van der Waals surface area contributed by atoms with Crippen LogP contribution in [0.3, 0.4) is 0 Å². The fourth-order valence-electron chi connectivity index (χ4n) is 2.28. The summed E-state index contributed by atoms with van der Waals surface area (Å²) in [6, 6.07) is 10.5. The molecule has 0 saturated carbocycles. The molecule has 0 spiro atoms. The third kappa shape index (κ3) is 7.15. The first-order valence-corrected chi connectivity index (χ1v) is 8.87. The highest BCUT2D eigenvalue weighted by atomic mass is 35.5. The molecule has 1 amide bonds. The highest BCUT2D eigenvalue weighted by Gasteiger charge is 2.38. The number of rotatable bonds is 4. The third-order valence-corrected chi connectivity index (χ3v) is 3.95. The molecule has 3 rings (SSSR count). The van der Waals surface area contributed by atoms with Crippen LogP contribution in [0.1, 0.15) is 22.1 Å². The van der Waals surface area contributed by atoms with E-state index in [1.165, 1.54) is 12.1 Å². The van der Waals surface area contributed by atoms with Gasteiger partial charge in [0.2, 0.25) is 0 Å². The molecule has 0 bridgehead atoms. The number of aliphatic carboxylic acids is 1. The monoisotopic (exact) mass is 458 g/mol. The lowest BCUT2D eigenvalue weighted by atomic mass is 10.1. The van der Waals surface area contributed by atoms with Gasteiger partial charge in [-0.2, -0.15) is 13.2 Å². The molecule has 2 heterocycles. The average Bonchev–Trinajstić information content (AvgIpc) is 2.70. The normalized spacial score (nSPS) is 11.9. The number of carboxylic acids is 1. The van der Waals surface area contributed by atoms with Crippen molar-refractivity contribution >= 4 is 34.5 Å². The van der Waals surface area contributed by atoms with Gasteiger partial charge in [0.1, 0.15) is 11.5 Å². The number of amides is 1. The average molecular weight is 459 g/mol. The Balaban J connectivity index is 0.000000423. The predicted molar refractivity (Wildman–Crippen MR) is 104 cm³/mol. The number of alkyl halides is 3. The van der Waals surface area contributed by atoms with Gasteiger partial charge in [-0.05, 0) is 48.0 Å². The van der Waals surface area contributed by atoms with Crippen LogP contribution in [-0.2, 0) is 4.79 Å². The minimum absolute atomic E-state index is 0.126. The Morgan fingerprint density at radius 2 is 1.87 bits per heavy atom. The van der Waals surface area contributed by atoms with Crippen LogP contribution in [0.2, 0.25) is 5.02 Å². The first kappa shape index (κ1) is 24.0. The van der Waals surface area contributed by atoms with Gasteiger partial charge in [0.15, 0.2) is 5.65 Å². The molecule has 0 aliphatic rings. The summed E-state index contributed by atoms with van der Waals surface area (Å²) in [5.41, 5.74) is 7.22. The van der Waals surface area contributed by atoms with Crippen molar-refractivity contribution < 1.29 is 32.3 Å². The molecule has 1 unspecified atom stereocenters. The highest BCUT2D eigenvalue weighted by Crippen LogP contribution is 2.18. The summed E-state index contributed by atoms with van der Waals surface area (Å²) in [5.74, 6) is -3.60. The summed E-state index contributed by atoms with van der Waals surface area (Å²) in [4.78, 5) is 29.4. The molecule has 164 valence electrons. The largest absolute Gasteiger partial charge is 0.490 e. The molecule has 0 aliphatic heterocycles. The zero-order valence-electron chi connectivity index (χ0n) is 15.5. The number of carbonyl (C=O) groups is 2. The fraction of sp³-hybridized carbons (Fsp3) is 0.158. The van der Waals surface area contributed by atoms with E-state index in [0.29, 0.717) is 11.2 Å². The summed E-state index contributed by atoms with van der Waals surface area (Å²) in [6.07, 6.45) is -3.47. The Morgan fingerprint density at radius 3 is 2.48 bits per heavy atom. The van der Waals surface area contributed by atoms with Crippen molar-refractivity contribution in [3.05, 3.63) is 70.8 Å². The minimum atomic E-state index is -5.08. The zero-order chi connectivity index (χ0) is 23.2. The number of nitrogens with two attached hydrogens (primary N) is 1. The maximum atomic E-state index is 13.4. The Morgan fingerprint density at radius 1 is 1.19 bits per heavy atom. The van der Waals surface area contributed by atoms with Gasteiger partial charge in [0.05, 0.1) is 0 Å². The highest BCUT2D eigenvalue weighted by molar-refractivity contribution is 6.30. The number of halogens is 5. The molecule has 4 N–H and O–H groups in total. The topological polar surface area (TPSA) is 118 Å². The molecule has 0 radical (unpaired) electrons. The SMILES string of the molecule is NC(CNC(=O)c1ccc2cccnc2n1)c1cc(F)cc(Cl)c1.O=C(O)C(F)(F)F. The molecular weight excluding hydrogens is 444 g/mol. The Kier molecular flexibility index (Phi) is 7.83. The molecule has 31 heavy (non-hydrogen) atoms. The molecule has 2 aromatic heterocycles. The van der Waals surface area contributed by atoms with Crippen molar-refractivity contribution in [2.24, 2.45) is 5.73 Å². The molecule has 12 heteroatoms. The van der Waals surface area contributed by atoms with Crippen molar-refractivity contribution in [3.8, 4) is 0 Å². The molecule has 1 atom stereocenters. The van der Waals surface area contributed by atoms with E-state index in [2.05, 4.69) is 15.3 Å². The number of carboxylic acid groups (broad SMARTS) is 1. The standard InChI is InChI=1S/C17H14ClFN4O.C2HF3O2/c18-12-6-11(7-13(19)8-12)14(20)9-22-17(24)15-4-3-10-2-1-5-21-16(10)23-15;3-2(4,5)1(6)7/h1-8,14H,9,20H2,(H,22,24);(H,6,7). The van der Waals surface area contributed by atoms with Gasteiger partial charge >= 0.3 is 12.1 Å². The van der Waals surface area contributed by atoms with E-state index in [1.54, 1.807) is 30.5 Å². The van der Waals surface area contributed by atoms with E-state index in [9.17, 15) is 22.4 Å². The van der Waals surface area contributed by atoms with Crippen molar-refractivity contribution in [2.75, 3.05) is 6.54 Å². The van der Waals surface area contributed by atoms with Gasteiger partial charge in [0.25, 0.3) is 5.91 Å². The van der Waals surface area contributed by atoms with Crippen LogP contribution in [0.5, 0.6) is 0 Å². The summed E-state index contributed by atoms with van der Waals surface area (Å²) < 4.78 is 45.1. The molecule has 3 aromatic rings. The first-order chi connectivity index (χ1) is 14.5. The fourth-order valence-corrected chi connectivity index (χ4v) is 2.51. The maximum absolute atomic E-state index is 13.4. The zero-order valence-corrected chi connectivity index (χ0v) is 16.3. The minimum Gasteiger partial charge on any atom is -0.475 e. The van der Waals surface area contributed by atoms with Crippen molar-refractivity contribution in [1.29, 1.82) is 0 Å². The van der Waals surface area contributed by atoms with Crippen LogP contribution in [0.15, 0.2) is 48.7 Å². The van der Waals surface area contributed by atoms with Crippen LogP contribution in [0.25, 0.3) is 11.0 Å². The first-order valence-electron chi connectivity index (χ1n) is 8.49. The number of pyridine rings is 2. The van der Waals surface area contributed by atoms with Gasteiger partial charge in [-0.3, -0.25) is 4.79 Å². The lowest BCUT2D eigenvalue weighted by Gasteiger charge is -2.13. The number of hydrogen-bond acceptors (Lipinski definition) is 5. The molecule has 0 fully saturated rings. The molecular formula is C19H15ClF4N4O3. The van der Waals surface area contributed by atoms with Crippen LogP contribution in [0.4, 0.5) is 17.6 Å². The summed E-state index contributed by atoms with van der Waals surface area (Å²) in [5, 5.41) is 10.9. The van der Waals surface area contributed by atoms with Crippen LogP contribution in [-0.4, -0.2) is 39.7 Å². The Labute approximate surface area is 177 Å². The second-order valence-electron chi connectivity index (χ2n) is 6.07. The van der Waals surface area contributed by atoms with E-state index >= 15 is 0 Å². The Hall–Kier alpha value is -3.31. The second-order valence-corrected chi connectivity index (χ2v) is 6.51. The number of nitrogens with one attached hydrogen (secondary N) is 1. The smallest absolute Gasteiger partial charge is 0.475 e. The number of hydrogen-bond donors (Lipinski definition) is 3. The van der Waals surface area contributed by atoms with Crippen molar-refractivity contribution in [1.82, 2.24) is 15.3 Å². The van der Waals surface area contributed by atoms with Crippen LogP contribution < -0.4 is 11.1 Å². The molecule has 1 aromatic carbocycles. The predicted octanol–water partition coefficient (Wildman–Crippen LogP) is 3.49. The maximum Gasteiger partial charge on any atom is 0.490 e. The quantitative estimate of drug-likeness (QED) is 0.515. The van der Waals surface area contributed by atoms with Gasteiger partial charge < -0.3 is 16.2 Å². The number of nitrogens with zero attached hydrogens (tertiary/aromatic N) is 2. The summed E-state index contributed by atoms with van der Waals surface area (Å²) in [7, 11) is 0. The lowest BCUT2D eigenvalue weighted by molar-refractivity contribution is -0.192. The number of fused-ring (bicyclic) bond motifs is 1. The third-order valence-electron chi connectivity index (χ3n) is 3.73. The molecule has 0 aliphatic carbocycles. The lowest BCUT2D eigenvalue weighted by Crippen LogP contribution is -2.32. The van der Waals surface area contributed by atoms with E-state index in [4.69, 9.17) is 27.2 Å². The van der Waals surface area contributed by atoms with E-state index in [0.717, 1.165) is 5.39 Å². The van der Waals surface area contributed by atoms with Crippen LogP contribution >= 0.6 is 11.6 Å². The van der Waals surface area contributed by atoms with Crippen molar-refractivity contribution in [3.63, 3.8) is 0 Å². The second kappa shape index (κ2) is 10.1. The Bertz CT molecular complexity index is 1070. The number of aromatic nitrogens is 2. The number of carbonyl (C=O) groups excluding carboxylic acids is 1.